The van der Waals surface area contributed by atoms with Crippen LogP contribution in [0.1, 0.15) is 26.3 Å². The summed E-state index contributed by atoms with van der Waals surface area (Å²) >= 11 is 0. The van der Waals surface area contributed by atoms with Crippen LogP contribution in [-0.4, -0.2) is 18.9 Å². The first-order chi connectivity index (χ1) is 7.54. The molecule has 2 nitrogen and oxygen atoms in total. The second-order valence-corrected chi connectivity index (χ2v) is 4.47. The Bertz CT molecular complexity index is 340. The molecule has 0 N–H and O–H groups in total. The normalized spacial score (nSPS) is 10.6. The van der Waals surface area contributed by atoms with Crippen LogP contribution < -0.4 is 4.90 Å². The van der Waals surface area contributed by atoms with Crippen LogP contribution in [0.4, 0.5) is 5.69 Å². The number of carbonyl (C=O) groups excluding carboxylic acids is 1. The molecule has 0 aliphatic carbocycles. The summed E-state index contributed by atoms with van der Waals surface area (Å²) in [5, 5.41) is 0. The minimum absolute atomic E-state index is 0.111. The van der Waals surface area contributed by atoms with Crippen LogP contribution in [0, 0.1) is 12.8 Å². The van der Waals surface area contributed by atoms with Gasteiger partial charge in [-0.3, -0.25) is 4.79 Å². The Morgan fingerprint density at radius 1 is 1.25 bits per heavy atom. The molecule has 88 valence electrons. The maximum absolute atomic E-state index is 11.7. The van der Waals surface area contributed by atoms with Crippen molar-refractivity contribution in [3.63, 3.8) is 0 Å². The van der Waals surface area contributed by atoms with E-state index in [1.54, 1.807) is 0 Å². The highest BCUT2D eigenvalue weighted by Gasteiger charge is 2.12. The molecule has 0 fully saturated rings. The molecular weight excluding hydrogens is 198 g/mol. The van der Waals surface area contributed by atoms with Crippen LogP contribution in [0.25, 0.3) is 0 Å². The van der Waals surface area contributed by atoms with Gasteiger partial charge in [0.2, 0.25) is 0 Å². The number of aryl methyl sites for hydroxylation is 1. The highest BCUT2D eigenvalue weighted by Crippen LogP contribution is 2.15. The van der Waals surface area contributed by atoms with Gasteiger partial charge in [0.25, 0.3) is 0 Å². The number of hydrogen-bond donors (Lipinski definition) is 0. The lowest BCUT2D eigenvalue weighted by Crippen LogP contribution is -2.31. The van der Waals surface area contributed by atoms with Gasteiger partial charge >= 0.3 is 0 Å². The molecule has 0 saturated carbocycles. The van der Waals surface area contributed by atoms with Crippen molar-refractivity contribution in [1.82, 2.24) is 0 Å². The van der Waals surface area contributed by atoms with Crippen molar-refractivity contribution in [1.29, 1.82) is 0 Å². The van der Waals surface area contributed by atoms with E-state index < -0.39 is 0 Å². The van der Waals surface area contributed by atoms with Crippen molar-refractivity contribution in [2.24, 2.45) is 5.92 Å². The molecular formula is C14H21NO. The molecule has 0 aliphatic rings. The van der Waals surface area contributed by atoms with Crippen LogP contribution in [0.5, 0.6) is 0 Å². The quantitative estimate of drug-likeness (QED) is 0.758. The van der Waals surface area contributed by atoms with E-state index in [9.17, 15) is 4.79 Å². The lowest BCUT2D eigenvalue weighted by Gasteiger charge is -2.23. The van der Waals surface area contributed by atoms with Gasteiger partial charge in [-0.2, -0.15) is 0 Å². The van der Waals surface area contributed by atoms with Crippen molar-refractivity contribution in [3.8, 4) is 0 Å². The second-order valence-electron chi connectivity index (χ2n) is 4.47. The Balaban J connectivity index is 2.74. The third-order valence-corrected chi connectivity index (χ3v) is 2.77. The van der Waals surface area contributed by atoms with E-state index in [0.29, 0.717) is 12.3 Å². The molecule has 16 heavy (non-hydrogen) atoms. The number of anilines is 1. The van der Waals surface area contributed by atoms with Crippen LogP contribution in [0.15, 0.2) is 24.3 Å². The molecule has 0 atom stereocenters. The molecule has 0 unspecified atom stereocenters. The van der Waals surface area contributed by atoms with Gasteiger partial charge in [-0.1, -0.05) is 31.5 Å². The first-order valence-electron chi connectivity index (χ1n) is 5.89. The number of nitrogens with zero attached hydrogens (tertiary/aromatic N) is 1. The Labute approximate surface area is 98.3 Å². The number of hydrogen-bond acceptors (Lipinski definition) is 2. The van der Waals surface area contributed by atoms with E-state index in [2.05, 4.69) is 43.0 Å². The molecule has 2 heteroatoms. The Hall–Kier alpha value is -1.31. The number of rotatable bonds is 5. The summed E-state index contributed by atoms with van der Waals surface area (Å²) in [6.07, 6.45) is 0. The number of benzene rings is 1. The van der Waals surface area contributed by atoms with Gasteiger partial charge < -0.3 is 4.90 Å². The Morgan fingerprint density at radius 3 is 2.25 bits per heavy atom. The predicted molar refractivity (Wildman–Crippen MR) is 68.9 cm³/mol. The molecule has 0 spiro atoms. The van der Waals surface area contributed by atoms with Crippen LogP contribution >= 0.6 is 0 Å². The first kappa shape index (κ1) is 12.8. The molecule has 1 rings (SSSR count). The monoisotopic (exact) mass is 219 g/mol. The summed E-state index contributed by atoms with van der Waals surface area (Å²) in [4.78, 5) is 13.8. The van der Waals surface area contributed by atoms with Gasteiger partial charge in [0, 0.05) is 18.2 Å². The molecule has 0 amide bonds. The molecule has 1 aromatic rings. The van der Waals surface area contributed by atoms with E-state index in [4.69, 9.17) is 0 Å². The van der Waals surface area contributed by atoms with E-state index in [1.807, 2.05) is 13.8 Å². The van der Waals surface area contributed by atoms with Crippen LogP contribution in [-0.2, 0) is 4.79 Å². The molecule has 0 bridgehead atoms. The lowest BCUT2D eigenvalue weighted by atomic mass is 10.1. The molecule has 1 aromatic carbocycles. The van der Waals surface area contributed by atoms with Crippen molar-refractivity contribution in [3.05, 3.63) is 29.8 Å². The van der Waals surface area contributed by atoms with Gasteiger partial charge in [-0.05, 0) is 26.0 Å². The maximum Gasteiger partial charge on any atom is 0.154 e. The fourth-order valence-electron chi connectivity index (χ4n) is 1.51. The molecule has 0 heterocycles. The number of likely N-dealkylation sites (N-methyl/N-ethyl adjacent to an activating group) is 1. The standard InChI is InChI=1S/C14H21NO/c1-5-15(10-14(16)11(2)3)13-8-6-12(4)7-9-13/h6-9,11H,5,10H2,1-4H3. The summed E-state index contributed by atoms with van der Waals surface area (Å²) in [6, 6.07) is 8.31. The largest absolute Gasteiger partial charge is 0.364 e. The molecule has 0 radical (unpaired) electrons. The number of ketones is 1. The lowest BCUT2D eigenvalue weighted by molar-refractivity contribution is -0.120. The van der Waals surface area contributed by atoms with Crippen LogP contribution in [0.2, 0.25) is 0 Å². The van der Waals surface area contributed by atoms with Crippen molar-refractivity contribution >= 4 is 11.5 Å². The zero-order chi connectivity index (χ0) is 12.1. The van der Waals surface area contributed by atoms with Gasteiger partial charge in [0.1, 0.15) is 0 Å². The summed E-state index contributed by atoms with van der Waals surface area (Å²) in [5.74, 6) is 0.405. The van der Waals surface area contributed by atoms with E-state index >= 15 is 0 Å². The second kappa shape index (κ2) is 5.69. The fourth-order valence-corrected chi connectivity index (χ4v) is 1.51. The molecule has 0 aliphatic heterocycles. The minimum Gasteiger partial charge on any atom is -0.364 e. The van der Waals surface area contributed by atoms with Crippen molar-refractivity contribution in [2.45, 2.75) is 27.7 Å². The maximum atomic E-state index is 11.7. The van der Waals surface area contributed by atoms with Gasteiger partial charge in [0.15, 0.2) is 5.78 Å². The Kier molecular flexibility index (Phi) is 4.53. The SMILES string of the molecule is CCN(CC(=O)C(C)C)c1ccc(C)cc1. The summed E-state index contributed by atoms with van der Waals surface area (Å²) in [7, 11) is 0. The van der Waals surface area contributed by atoms with Gasteiger partial charge in [-0.25, -0.2) is 0 Å². The van der Waals surface area contributed by atoms with E-state index in [0.717, 1.165) is 12.2 Å². The average molecular weight is 219 g/mol. The molecule has 0 aromatic heterocycles. The highest BCUT2D eigenvalue weighted by molar-refractivity contribution is 5.85. The van der Waals surface area contributed by atoms with Crippen LogP contribution in [0.3, 0.4) is 0 Å². The summed E-state index contributed by atoms with van der Waals surface area (Å²) in [6.45, 7) is 9.42. The number of carbonyl (C=O) groups is 1. The summed E-state index contributed by atoms with van der Waals surface area (Å²) < 4.78 is 0. The fraction of sp³-hybridized carbons (Fsp3) is 0.500. The topological polar surface area (TPSA) is 20.3 Å². The van der Waals surface area contributed by atoms with Gasteiger partial charge in [0.05, 0.1) is 6.54 Å². The molecule has 0 saturated heterocycles. The predicted octanol–water partition coefficient (Wildman–Crippen LogP) is 3.05. The number of Topliss-reactive ketones (excluding diaryl/α,β-unsaturated/α-hetero) is 1. The zero-order valence-electron chi connectivity index (χ0n) is 10.7. The van der Waals surface area contributed by atoms with Gasteiger partial charge in [-0.15, -0.1) is 0 Å². The van der Waals surface area contributed by atoms with E-state index in [-0.39, 0.29) is 5.92 Å². The zero-order valence-corrected chi connectivity index (χ0v) is 10.7. The Morgan fingerprint density at radius 2 is 1.81 bits per heavy atom. The smallest absolute Gasteiger partial charge is 0.154 e. The van der Waals surface area contributed by atoms with Crippen molar-refractivity contribution < 1.29 is 4.79 Å². The van der Waals surface area contributed by atoms with E-state index in [1.165, 1.54) is 5.56 Å². The average Bonchev–Trinajstić information content (AvgIpc) is 2.26. The first-order valence-corrected chi connectivity index (χ1v) is 5.89. The third kappa shape index (κ3) is 3.37. The summed E-state index contributed by atoms with van der Waals surface area (Å²) in [5.41, 5.74) is 2.37. The third-order valence-electron chi connectivity index (χ3n) is 2.77. The minimum atomic E-state index is 0.111. The van der Waals surface area contributed by atoms with Crippen molar-refractivity contribution in [2.75, 3.05) is 18.0 Å². The highest BCUT2D eigenvalue weighted by atomic mass is 16.1.